The first-order chi connectivity index (χ1) is 17.2. The Morgan fingerprint density at radius 3 is 2.47 bits per heavy atom. The summed E-state index contributed by atoms with van der Waals surface area (Å²) in [4.78, 5) is 13.1. The molecular weight excluding hydrogens is 496 g/mol. The second-order valence-electron chi connectivity index (χ2n) is 8.51. The summed E-state index contributed by atoms with van der Waals surface area (Å²) in [6.45, 7) is 3.45. The third kappa shape index (κ3) is 5.32. The van der Waals surface area contributed by atoms with Crippen molar-refractivity contribution >= 4 is 44.0 Å². The Morgan fingerprint density at radius 1 is 0.972 bits per heavy atom. The van der Waals surface area contributed by atoms with E-state index >= 15 is 0 Å². The second-order valence-corrected chi connectivity index (χ2v) is 10.8. The van der Waals surface area contributed by atoms with E-state index in [1.54, 1.807) is 37.3 Å². The monoisotopic (exact) mass is 522 g/mol. The summed E-state index contributed by atoms with van der Waals surface area (Å²) < 4.78 is 34.1. The Labute approximate surface area is 216 Å². The molecule has 0 aromatic heterocycles. The van der Waals surface area contributed by atoms with Gasteiger partial charge in [0, 0.05) is 11.6 Å². The number of hydrogen-bond donors (Lipinski definition) is 1. The van der Waals surface area contributed by atoms with Crippen molar-refractivity contribution in [1.82, 2.24) is 5.32 Å². The molecule has 4 aromatic carbocycles. The Kier molecular flexibility index (Phi) is 7.52. The zero-order valence-corrected chi connectivity index (χ0v) is 21.9. The molecular formula is C28H27ClN2O4S. The third-order valence-corrected chi connectivity index (χ3v) is 8.18. The van der Waals surface area contributed by atoms with Crippen LogP contribution in [0.2, 0.25) is 5.02 Å². The fourth-order valence-electron chi connectivity index (χ4n) is 3.98. The highest BCUT2D eigenvalue weighted by Gasteiger charge is 2.30. The predicted octanol–water partition coefficient (Wildman–Crippen LogP) is 5.63. The lowest BCUT2D eigenvalue weighted by molar-refractivity contribution is -0.119. The van der Waals surface area contributed by atoms with Gasteiger partial charge in [-0.2, -0.15) is 0 Å². The molecule has 0 heterocycles. The van der Waals surface area contributed by atoms with Crippen LogP contribution in [0, 0.1) is 13.8 Å². The zero-order chi connectivity index (χ0) is 25.9. The molecule has 0 aliphatic carbocycles. The molecule has 4 aromatic rings. The first kappa shape index (κ1) is 25.5. The smallest absolute Gasteiger partial charge is 0.268 e. The molecule has 6 nitrogen and oxygen atoms in total. The highest BCUT2D eigenvalue weighted by atomic mass is 35.5. The number of fused-ring (bicyclic) bond motifs is 1. The topological polar surface area (TPSA) is 75.7 Å². The van der Waals surface area contributed by atoms with Gasteiger partial charge in [0.05, 0.1) is 12.8 Å². The van der Waals surface area contributed by atoms with Crippen molar-refractivity contribution in [2.45, 2.75) is 25.3 Å². The molecule has 8 heteroatoms. The lowest BCUT2D eigenvalue weighted by atomic mass is 10.0. The van der Waals surface area contributed by atoms with Crippen molar-refractivity contribution in [2.24, 2.45) is 0 Å². The summed E-state index contributed by atoms with van der Waals surface area (Å²) in [6.07, 6.45) is 0. The second kappa shape index (κ2) is 10.6. The van der Waals surface area contributed by atoms with Crippen molar-refractivity contribution in [3.8, 4) is 5.75 Å². The molecule has 0 spiro atoms. The molecule has 1 N–H and O–H groups in total. The number of sulfonamides is 1. The van der Waals surface area contributed by atoms with E-state index in [4.69, 9.17) is 16.3 Å². The molecule has 0 bridgehead atoms. The first-order valence-corrected chi connectivity index (χ1v) is 13.2. The Morgan fingerprint density at radius 2 is 1.72 bits per heavy atom. The summed E-state index contributed by atoms with van der Waals surface area (Å²) in [5.41, 5.74) is 2.77. The number of amides is 1. The van der Waals surface area contributed by atoms with E-state index in [0.29, 0.717) is 5.02 Å². The minimum absolute atomic E-state index is 0.0245. The molecule has 0 fully saturated rings. The minimum Gasteiger partial charge on any atom is -0.495 e. The summed E-state index contributed by atoms with van der Waals surface area (Å²) in [7, 11) is -2.76. The molecule has 0 aliphatic rings. The lowest BCUT2D eigenvalue weighted by Crippen LogP contribution is -2.40. The number of benzene rings is 4. The third-order valence-electron chi connectivity index (χ3n) is 5.97. The van der Waals surface area contributed by atoms with Gasteiger partial charge in [-0.15, -0.1) is 0 Å². The summed E-state index contributed by atoms with van der Waals surface area (Å²) >= 11 is 6.32. The molecule has 0 aliphatic heterocycles. The van der Waals surface area contributed by atoms with Crippen molar-refractivity contribution in [3.63, 3.8) is 0 Å². The van der Waals surface area contributed by atoms with E-state index in [0.717, 1.165) is 31.8 Å². The van der Waals surface area contributed by atoms with Crippen LogP contribution in [0.4, 0.5) is 5.69 Å². The number of anilines is 1. The van der Waals surface area contributed by atoms with Crippen LogP contribution in [0.25, 0.3) is 10.8 Å². The van der Waals surface area contributed by atoms with Crippen molar-refractivity contribution in [2.75, 3.05) is 18.0 Å². The van der Waals surface area contributed by atoms with Crippen LogP contribution in [-0.2, 0) is 21.4 Å². The van der Waals surface area contributed by atoms with Crippen LogP contribution in [0.15, 0.2) is 83.8 Å². The van der Waals surface area contributed by atoms with E-state index < -0.39 is 22.5 Å². The number of rotatable bonds is 8. The molecule has 0 radical (unpaired) electrons. The average Bonchev–Trinajstić information content (AvgIpc) is 2.87. The van der Waals surface area contributed by atoms with E-state index in [2.05, 4.69) is 5.32 Å². The van der Waals surface area contributed by atoms with E-state index in [1.165, 1.54) is 13.2 Å². The fraction of sp³-hybridized carbons (Fsp3) is 0.179. The van der Waals surface area contributed by atoms with Crippen LogP contribution >= 0.6 is 11.6 Å². The maximum Gasteiger partial charge on any atom is 0.268 e. The number of methoxy groups -OCH3 is 1. The molecule has 0 saturated heterocycles. The SMILES string of the molecule is COc1ccc(C)cc1S(=O)(=O)N(CC(=O)NCc1cccc2ccccc12)c1ccc(C)c(Cl)c1. The number of halogens is 1. The van der Waals surface area contributed by atoms with Gasteiger partial charge >= 0.3 is 0 Å². The summed E-state index contributed by atoms with van der Waals surface area (Å²) in [6, 6.07) is 23.6. The van der Waals surface area contributed by atoms with E-state index in [9.17, 15) is 13.2 Å². The summed E-state index contributed by atoms with van der Waals surface area (Å²) in [5.74, 6) is -0.255. The van der Waals surface area contributed by atoms with Crippen molar-refractivity contribution in [3.05, 3.63) is 101 Å². The maximum atomic E-state index is 13.9. The van der Waals surface area contributed by atoms with Gasteiger partial charge in [0.25, 0.3) is 10.0 Å². The predicted molar refractivity (Wildman–Crippen MR) is 144 cm³/mol. The van der Waals surface area contributed by atoms with Gasteiger partial charge in [-0.05, 0) is 65.6 Å². The van der Waals surface area contributed by atoms with Gasteiger partial charge in [0.15, 0.2) is 0 Å². The first-order valence-electron chi connectivity index (χ1n) is 11.4. The molecule has 36 heavy (non-hydrogen) atoms. The number of aryl methyl sites for hydroxylation is 2. The molecule has 0 unspecified atom stereocenters. The van der Waals surface area contributed by atoms with E-state index in [1.807, 2.05) is 49.4 Å². The van der Waals surface area contributed by atoms with Gasteiger partial charge < -0.3 is 10.1 Å². The molecule has 0 saturated carbocycles. The molecule has 1 amide bonds. The fourth-order valence-corrected chi connectivity index (χ4v) is 5.81. The Bertz CT molecular complexity index is 1530. The zero-order valence-electron chi connectivity index (χ0n) is 20.3. The number of hydrogen-bond acceptors (Lipinski definition) is 4. The number of ether oxygens (including phenoxy) is 1. The highest BCUT2D eigenvalue weighted by molar-refractivity contribution is 7.93. The van der Waals surface area contributed by atoms with Crippen LogP contribution < -0.4 is 14.4 Å². The van der Waals surface area contributed by atoms with Crippen LogP contribution in [0.5, 0.6) is 5.75 Å². The lowest BCUT2D eigenvalue weighted by Gasteiger charge is -2.25. The largest absolute Gasteiger partial charge is 0.495 e. The highest BCUT2D eigenvalue weighted by Crippen LogP contribution is 2.32. The number of nitrogens with zero attached hydrogens (tertiary/aromatic N) is 1. The van der Waals surface area contributed by atoms with Gasteiger partial charge in [0.2, 0.25) is 5.91 Å². The number of carbonyl (C=O) groups is 1. The van der Waals surface area contributed by atoms with Crippen LogP contribution in [0.1, 0.15) is 16.7 Å². The minimum atomic E-state index is -4.17. The normalized spacial score (nSPS) is 11.3. The Balaban J connectivity index is 1.67. The van der Waals surface area contributed by atoms with Crippen LogP contribution in [-0.4, -0.2) is 28.0 Å². The number of nitrogens with one attached hydrogen (secondary N) is 1. The van der Waals surface area contributed by atoms with Gasteiger partial charge in [-0.25, -0.2) is 8.42 Å². The maximum absolute atomic E-state index is 13.9. The van der Waals surface area contributed by atoms with Gasteiger partial charge in [-0.1, -0.05) is 66.2 Å². The van der Waals surface area contributed by atoms with Crippen LogP contribution in [0.3, 0.4) is 0 Å². The molecule has 0 atom stereocenters. The Hall–Kier alpha value is -3.55. The quantitative estimate of drug-likeness (QED) is 0.325. The van der Waals surface area contributed by atoms with Gasteiger partial charge in [-0.3, -0.25) is 9.10 Å². The van der Waals surface area contributed by atoms with E-state index in [-0.39, 0.29) is 22.9 Å². The average molecular weight is 523 g/mol. The van der Waals surface area contributed by atoms with Crippen molar-refractivity contribution < 1.29 is 17.9 Å². The van der Waals surface area contributed by atoms with Gasteiger partial charge in [0.1, 0.15) is 17.2 Å². The van der Waals surface area contributed by atoms with Crippen molar-refractivity contribution in [1.29, 1.82) is 0 Å². The number of carbonyl (C=O) groups excluding carboxylic acids is 1. The summed E-state index contributed by atoms with van der Waals surface area (Å²) in [5, 5.41) is 5.37. The molecule has 4 rings (SSSR count). The molecule has 186 valence electrons. The standard InChI is InChI=1S/C28H27ClN2O4S/c1-19-11-14-26(35-3)27(15-19)36(33,34)31(23-13-12-20(2)25(29)16-23)18-28(32)30-17-22-9-6-8-21-7-4-5-10-24(21)22/h4-16H,17-18H2,1-3H3,(H,30,32).